The Morgan fingerprint density at radius 3 is 2.89 bits per heavy atom. The number of likely N-dealkylation sites (tertiary alicyclic amines) is 1. The molecule has 2 heterocycles. The smallest absolute Gasteiger partial charge is 0.226 e. The first-order valence-corrected chi connectivity index (χ1v) is 7.14. The van der Waals surface area contributed by atoms with Gasteiger partial charge in [-0.2, -0.15) is 0 Å². The maximum Gasteiger partial charge on any atom is 0.226 e. The van der Waals surface area contributed by atoms with Crippen LogP contribution in [0, 0.1) is 0 Å². The molecule has 0 atom stereocenters. The van der Waals surface area contributed by atoms with Crippen LogP contribution >= 0.6 is 15.9 Å². The van der Waals surface area contributed by atoms with Gasteiger partial charge in [0.2, 0.25) is 5.91 Å². The van der Waals surface area contributed by atoms with Crippen molar-refractivity contribution in [2.24, 2.45) is 0 Å². The summed E-state index contributed by atoms with van der Waals surface area (Å²) in [5.41, 5.74) is 3.40. The van der Waals surface area contributed by atoms with Crippen molar-refractivity contribution in [1.82, 2.24) is 9.88 Å². The van der Waals surface area contributed by atoms with Crippen molar-refractivity contribution in [3.8, 4) is 0 Å². The third kappa shape index (κ3) is 2.21. The first-order valence-electron chi connectivity index (χ1n) is 6.34. The molecule has 1 aromatic rings. The average Bonchev–Trinajstić information content (AvgIpc) is 2.97. The number of carbonyl (C=O) groups is 1. The summed E-state index contributed by atoms with van der Waals surface area (Å²) in [6.07, 6.45) is 7.58. The molecular weight excluding hydrogens is 292 g/mol. The molecule has 94 valence electrons. The molecule has 0 aromatic carbocycles. The maximum atomic E-state index is 12.1. The first kappa shape index (κ1) is 11.9. The molecule has 0 spiro atoms. The molecule has 0 N–H and O–H groups in total. The van der Waals surface area contributed by atoms with E-state index >= 15 is 0 Å². The van der Waals surface area contributed by atoms with E-state index in [2.05, 4.69) is 27.0 Å². The van der Waals surface area contributed by atoms with E-state index in [1.165, 1.54) is 5.57 Å². The summed E-state index contributed by atoms with van der Waals surface area (Å²) in [5.74, 6) is 0.266. The minimum Gasteiger partial charge on any atom is -0.342 e. The lowest BCUT2D eigenvalue weighted by Crippen LogP contribution is -2.27. The van der Waals surface area contributed by atoms with E-state index in [1.54, 1.807) is 0 Å². The molecule has 2 aliphatic rings. The Hall–Kier alpha value is -1.16. The van der Waals surface area contributed by atoms with Gasteiger partial charge < -0.3 is 4.90 Å². The highest BCUT2D eigenvalue weighted by Gasteiger charge is 2.22. The van der Waals surface area contributed by atoms with Crippen molar-refractivity contribution in [3.05, 3.63) is 33.6 Å². The molecule has 0 radical (unpaired) electrons. The molecule has 1 fully saturated rings. The molecule has 0 saturated carbocycles. The summed E-state index contributed by atoms with van der Waals surface area (Å²) in [7, 11) is 0. The van der Waals surface area contributed by atoms with E-state index in [4.69, 9.17) is 0 Å². The van der Waals surface area contributed by atoms with Crippen molar-refractivity contribution < 1.29 is 4.79 Å². The van der Waals surface area contributed by atoms with Gasteiger partial charge in [-0.05, 0) is 18.9 Å². The number of pyridine rings is 1. The minimum atomic E-state index is 0.266. The second-order valence-corrected chi connectivity index (χ2v) is 5.75. The van der Waals surface area contributed by atoms with Crippen LogP contribution in [0.15, 0.2) is 22.3 Å². The second-order valence-electron chi connectivity index (χ2n) is 4.90. The van der Waals surface area contributed by atoms with Gasteiger partial charge in [0.15, 0.2) is 0 Å². The standard InChI is InChI=1S/C14H15BrN2O/c15-12-3-4-16-13-8-10(7-11(12)13)9-14(18)17-5-1-2-6-17/h3-4,7H,1-2,5-6,8-9H2. The van der Waals surface area contributed by atoms with Gasteiger partial charge in [-0.25, -0.2) is 0 Å². The molecule has 1 aliphatic carbocycles. The third-order valence-corrected chi connectivity index (χ3v) is 4.29. The summed E-state index contributed by atoms with van der Waals surface area (Å²) in [6, 6.07) is 1.95. The van der Waals surface area contributed by atoms with E-state index in [1.807, 2.05) is 17.2 Å². The van der Waals surface area contributed by atoms with Crippen LogP contribution in [0.2, 0.25) is 0 Å². The number of amides is 1. The van der Waals surface area contributed by atoms with Crippen molar-refractivity contribution in [2.75, 3.05) is 13.1 Å². The number of hydrogen-bond acceptors (Lipinski definition) is 2. The SMILES string of the molecule is O=C(CC1=Cc2c(Br)ccnc2C1)N1CCCC1. The van der Waals surface area contributed by atoms with Crippen LogP contribution in [0.3, 0.4) is 0 Å². The maximum absolute atomic E-state index is 12.1. The molecule has 18 heavy (non-hydrogen) atoms. The quantitative estimate of drug-likeness (QED) is 0.842. The lowest BCUT2D eigenvalue weighted by atomic mass is 10.1. The topological polar surface area (TPSA) is 33.2 Å². The predicted molar refractivity (Wildman–Crippen MR) is 74.0 cm³/mol. The van der Waals surface area contributed by atoms with Crippen molar-refractivity contribution in [3.63, 3.8) is 0 Å². The van der Waals surface area contributed by atoms with E-state index in [9.17, 15) is 4.79 Å². The largest absolute Gasteiger partial charge is 0.342 e. The number of fused-ring (bicyclic) bond motifs is 1. The summed E-state index contributed by atoms with van der Waals surface area (Å²) < 4.78 is 1.07. The summed E-state index contributed by atoms with van der Waals surface area (Å²) >= 11 is 3.53. The van der Waals surface area contributed by atoms with Crippen LogP contribution in [0.4, 0.5) is 0 Å². The highest BCUT2D eigenvalue weighted by Crippen LogP contribution is 2.31. The lowest BCUT2D eigenvalue weighted by molar-refractivity contribution is -0.129. The van der Waals surface area contributed by atoms with Crippen molar-refractivity contribution in [2.45, 2.75) is 25.7 Å². The number of hydrogen-bond donors (Lipinski definition) is 0. The van der Waals surface area contributed by atoms with Gasteiger partial charge in [0.25, 0.3) is 0 Å². The molecule has 3 nitrogen and oxygen atoms in total. The van der Waals surface area contributed by atoms with Gasteiger partial charge in [0, 0.05) is 42.2 Å². The molecule has 1 aliphatic heterocycles. The number of halogens is 1. The molecule has 1 aromatic heterocycles. The van der Waals surface area contributed by atoms with Gasteiger partial charge in [0.1, 0.15) is 0 Å². The molecule has 3 rings (SSSR count). The fraction of sp³-hybridized carbons (Fsp3) is 0.429. The fourth-order valence-corrected chi connectivity index (χ4v) is 3.10. The molecule has 0 unspecified atom stereocenters. The highest BCUT2D eigenvalue weighted by molar-refractivity contribution is 9.10. The summed E-state index contributed by atoms with van der Waals surface area (Å²) in [4.78, 5) is 18.4. The Labute approximate surface area is 115 Å². The molecule has 1 saturated heterocycles. The lowest BCUT2D eigenvalue weighted by Gasteiger charge is -2.15. The summed E-state index contributed by atoms with van der Waals surface area (Å²) in [6.45, 7) is 1.86. The van der Waals surface area contributed by atoms with Crippen LogP contribution in [0.25, 0.3) is 6.08 Å². The zero-order chi connectivity index (χ0) is 12.5. The molecule has 1 amide bonds. The van der Waals surface area contributed by atoms with E-state index < -0.39 is 0 Å². The minimum absolute atomic E-state index is 0.266. The number of aromatic nitrogens is 1. The first-order chi connectivity index (χ1) is 8.74. The predicted octanol–water partition coefficient (Wildman–Crippen LogP) is 2.80. The Balaban J connectivity index is 1.71. The van der Waals surface area contributed by atoms with Crippen LogP contribution in [0.1, 0.15) is 30.5 Å². The normalized spacial score (nSPS) is 17.8. The number of rotatable bonds is 2. The van der Waals surface area contributed by atoms with Gasteiger partial charge in [0.05, 0.1) is 5.69 Å². The zero-order valence-corrected chi connectivity index (χ0v) is 11.7. The zero-order valence-electron chi connectivity index (χ0n) is 10.2. The second kappa shape index (κ2) is 4.84. The van der Waals surface area contributed by atoms with Gasteiger partial charge >= 0.3 is 0 Å². The Morgan fingerprint density at radius 1 is 1.39 bits per heavy atom. The van der Waals surface area contributed by atoms with Gasteiger partial charge in [-0.15, -0.1) is 0 Å². The van der Waals surface area contributed by atoms with Crippen LogP contribution in [0.5, 0.6) is 0 Å². The Bertz CT molecular complexity index is 519. The van der Waals surface area contributed by atoms with E-state index in [0.29, 0.717) is 6.42 Å². The fourth-order valence-electron chi connectivity index (χ4n) is 2.64. The Morgan fingerprint density at radius 2 is 2.17 bits per heavy atom. The van der Waals surface area contributed by atoms with Gasteiger partial charge in [-0.3, -0.25) is 9.78 Å². The van der Waals surface area contributed by atoms with Crippen molar-refractivity contribution in [1.29, 1.82) is 0 Å². The summed E-state index contributed by atoms with van der Waals surface area (Å²) in [5, 5.41) is 0. The Kier molecular flexibility index (Phi) is 3.20. The van der Waals surface area contributed by atoms with Gasteiger partial charge in [-0.1, -0.05) is 27.6 Å². The van der Waals surface area contributed by atoms with Crippen LogP contribution < -0.4 is 0 Å². The van der Waals surface area contributed by atoms with Crippen molar-refractivity contribution >= 4 is 27.9 Å². The highest BCUT2D eigenvalue weighted by atomic mass is 79.9. The monoisotopic (exact) mass is 306 g/mol. The molecular formula is C14H15BrN2O. The van der Waals surface area contributed by atoms with Crippen LogP contribution in [-0.4, -0.2) is 28.9 Å². The molecule has 4 heteroatoms. The average molecular weight is 307 g/mol. The molecule has 0 bridgehead atoms. The van der Waals surface area contributed by atoms with Crippen LogP contribution in [-0.2, 0) is 11.2 Å². The van der Waals surface area contributed by atoms with E-state index in [-0.39, 0.29) is 5.91 Å². The third-order valence-electron chi connectivity index (χ3n) is 3.60. The van der Waals surface area contributed by atoms with E-state index in [0.717, 1.165) is 48.1 Å². The number of nitrogens with zero attached hydrogens (tertiary/aromatic N) is 2. The number of carbonyl (C=O) groups excluding carboxylic acids is 1.